The Morgan fingerprint density at radius 2 is 1.25 bits per heavy atom. The molecule has 0 aromatic heterocycles. The molecule has 0 radical (unpaired) electrons. The lowest BCUT2D eigenvalue weighted by atomic mass is 9.66. The lowest BCUT2D eigenvalue weighted by Crippen LogP contribution is -2.31. The van der Waals surface area contributed by atoms with Crippen molar-refractivity contribution in [2.24, 2.45) is 52.8 Å². The van der Waals surface area contributed by atoms with Crippen molar-refractivity contribution in [3.63, 3.8) is 0 Å². The van der Waals surface area contributed by atoms with Crippen LogP contribution in [0.3, 0.4) is 0 Å². The van der Waals surface area contributed by atoms with Gasteiger partial charge >= 0.3 is 0 Å². The Morgan fingerprint density at radius 3 is 1.68 bits per heavy atom. The molecule has 0 aromatic carbocycles. The summed E-state index contributed by atoms with van der Waals surface area (Å²) in [5.41, 5.74) is 0.462. The van der Waals surface area contributed by atoms with E-state index in [9.17, 15) is 0 Å². The summed E-state index contributed by atoms with van der Waals surface area (Å²) in [7, 11) is 0. The first-order valence-corrected chi connectivity index (χ1v) is 12.9. The summed E-state index contributed by atoms with van der Waals surface area (Å²) < 4.78 is 0. The third kappa shape index (κ3) is 9.67. The van der Waals surface area contributed by atoms with Crippen molar-refractivity contribution >= 4 is 0 Å². The lowest BCUT2D eigenvalue weighted by molar-refractivity contribution is 0.102. The van der Waals surface area contributed by atoms with Crippen LogP contribution in [0.15, 0.2) is 0 Å². The van der Waals surface area contributed by atoms with Crippen LogP contribution in [0.1, 0.15) is 128 Å². The highest BCUT2D eigenvalue weighted by Gasteiger charge is 2.33. The fourth-order valence-electron chi connectivity index (χ4n) is 5.02. The van der Waals surface area contributed by atoms with Crippen LogP contribution in [0.2, 0.25) is 0 Å². The smallest absolute Gasteiger partial charge is 0.0331 e. The van der Waals surface area contributed by atoms with Crippen LogP contribution < -0.4 is 0 Å². The highest BCUT2D eigenvalue weighted by atomic mass is 14.4. The Balaban J connectivity index is 5.08. The maximum absolute atomic E-state index is 2.59. The topological polar surface area (TPSA) is 0 Å². The molecule has 0 aliphatic carbocycles. The van der Waals surface area contributed by atoms with Crippen LogP contribution in [-0.4, -0.2) is 0 Å². The summed E-state index contributed by atoms with van der Waals surface area (Å²) in [4.78, 5) is 0. The summed E-state index contributed by atoms with van der Waals surface area (Å²) in [5, 5.41) is 0. The van der Waals surface area contributed by atoms with Crippen molar-refractivity contribution in [3.05, 3.63) is 0 Å². The van der Waals surface area contributed by atoms with Gasteiger partial charge in [-0.05, 0) is 72.0 Å². The minimum absolute atomic E-state index is 0.462. The highest BCUT2D eigenvalue weighted by molar-refractivity contribution is 4.83. The minimum Gasteiger partial charge on any atom is -0.0651 e. The molecule has 0 heterocycles. The second-order valence-electron chi connectivity index (χ2n) is 11.9. The molecule has 0 nitrogen and oxygen atoms in total. The molecule has 0 heteroatoms. The molecule has 0 spiro atoms. The first-order chi connectivity index (χ1) is 12.9. The van der Waals surface area contributed by atoms with E-state index >= 15 is 0 Å². The fourth-order valence-corrected chi connectivity index (χ4v) is 5.02. The molecule has 0 fully saturated rings. The predicted molar refractivity (Wildman–Crippen MR) is 131 cm³/mol. The summed E-state index contributed by atoms with van der Waals surface area (Å²) in [5.74, 6) is 6.77. The second-order valence-corrected chi connectivity index (χ2v) is 11.9. The number of hydrogen-bond acceptors (Lipinski definition) is 0. The van der Waals surface area contributed by atoms with Crippen molar-refractivity contribution in [2.75, 3.05) is 0 Å². The maximum atomic E-state index is 2.59. The van der Waals surface area contributed by atoms with Gasteiger partial charge in [-0.15, -0.1) is 0 Å². The Morgan fingerprint density at radius 1 is 0.679 bits per heavy atom. The summed E-state index contributed by atoms with van der Waals surface area (Å²) in [6.07, 6.45) is 9.68. The van der Waals surface area contributed by atoms with E-state index in [0.29, 0.717) is 5.41 Å². The molecule has 0 aliphatic rings. The zero-order valence-electron chi connectivity index (χ0n) is 22.1. The average molecular weight is 395 g/mol. The van der Waals surface area contributed by atoms with Crippen LogP contribution in [0.25, 0.3) is 0 Å². The van der Waals surface area contributed by atoms with E-state index in [-0.39, 0.29) is 0 Å². The summed E-state index contributed by atoms with van der Waals surface area (Å²) >= 11 is 0. The lowest BCUT2D eigenvalue weighted by Gasteiger charge is -2.40. The van der Waals surface area contributed by atoms with Crippen LogP contribution >= 0.6 is 0 Å². The molecule has 0 N–H and O–H groups in total. The zero-order valence-corrected chi connectivity index (χ0v) is 22.1. The first-order valence-electron chi connectivity index (χ1n) is 12.9. The SMILES string of the molecule is CCC(C)C(CCC(C)(C)C(C)C)C(C)C(C)C(CC)CC(C)CCC(C)C. The normalized spacial score (nSPS) is 19.5. The van der Waals surface area contributed by atoms with E-state index in [2.05, 4.69) is 83.1 Å². The third-order valence-electron chi connectivity index (χ3n) is 8.77. The van der Waals surface area contributed by atoms with Crippen molar-refractivity contribution in [2.45, 2.75) is 128 Å². The van der Waals surface area contributed by atoms with Gasteiger partial charge in [0.25, 0.3) is 0 Å². The van der Waals surface area contributed by atoms with Crippen molar-refractivity contribution in [3.8, 4) is 0 Å². The molecule has 0 rings (SSSR count). The number of hydrogen-bond donors (Lipinski definition) is 0. The Kier molecular flexibility index (Phi) is 13.3. The van der Waals surface area contributed by atoms with Crippen LogP contribution in [0, 0.1) is 52.8 Å². The molecule has 0 aliphatic heterocycles. The molecule has 6 atom stereocenters. The van der Waals surface area contributed by atoms with E-state index in [1.165, 1.54) is 44.9 Å². The van der Waals surface area contributed by atoms with E-state index in [1.807, 2.05) is 0 Å². The van der Waals surface area contributed by atoms with E-state index < -0.39 is 0 Å². The Labute approximate surface area is 181 Å². The standard InChI is InChI=1S/C28H58/c1-13-23(8)27(17-18-28(11,12)21(5)6)25(10)24(9)26(14-2)19-22(7)16-15-20(3)4/h20-27H,13-19H2,1-12H3. The zero-order chi connectivity index (χ0) is 22.1. The molecule has 0 bridgehead atoms. The van der Waals surface area contributed by atoms with Gasteiger partial charge in [-0.2, -0.15) is 0 Å². The Bertz CT molecular complexity index is 377. The maximum Gasteiger partial charge on any atom is -0.0331 e. The number of rotatable bonds is 15. The molecule has 6 unspecified atom stereocenters. The minimum atomic E-state index is 0.462. The van der Waals surface area contributed by atoms with E-state index in [1.54, 1.807) is 0 Å². The van der Waals surface area contributed by atoms with Gasteiger partial charge in [-0.25, -0.2) is 0 Å². The van der Waals surface area contributed by atoms with Crippen LogP contribution in [-0.2, 0) is 0 Å². The summed E-state index contributed by atoms with van der Waals surface area (Å²) in [6.45, 7) is 29.5. The first kappa shape index (κ1) is 28.0. The second kappa shape index (κ2) is 13.3. The molecule has 0 saturated heterocycles. The molecular weight excluding hydrogens is 336 g/mol. The van der Waals surface area contributed by atoms with Gasteiger partial charge in [0.05, 0.1) is 0 Å². The van der Waals surface area contributed by atoms with Gasteiger partial charge < -0.3 is 0 Å². The highest BCUT2D eigenvalue weighted by Crippen LogP contribution is 2.42. The van der Waals surface area contributed by atoms with Gasteiger partial charge in [-0.3, -0.25) is 0 Å². The molecule has 0 amide bonds. The molecule has 28 heavy (non-hydrogen) atoms. The largest absolute Gasteiger partial charge is 0.0651 e. The molecule has 170 valence electrons. The van der Waals surface area contributed by atoms with Crippen LogP contribution in [0.5, 0.6) is 0 Å². The fraction of sp³-hybridized carbons (Fsp3) is 1.00. The monoisotopic (exact) mass is 394 g/mol. The quantitative estimate of drug-likeness (QED) is 0.259. The third-order valence-corrected chi connectivity index (χ3v) is 8.77. The van der Waals surface area contributed by atoms with Gasteiger partial charge in [0, 0.05) is 0 Å². The molecule has 0 saturated carbocycles. The van der Waals surface area contributed by atoms with Gasteiger partial charge in [0.2, 0.25) is 0 Å². The van der Waals surface area contributed by atoms with Gasteiger partial charge in [-0.1, -0.05) is 109 Å². The average Bonchev–Trinajstić information content (AvgIpc) is 2.63. The van der Waals surface area contributed by atoms with Gasteiger partial charge in [0.1, 0.15) is 0 Å². The van der Waals surface area contributed by atoms with E-state index in [4.69, 9.17) is 0 Å². The molecular formula is C28H58. The van der Waals surface area contributed by atoms with Crippen molar-refractivity contribution < 1.29 is 0 Å². The Hall–Kier alpha value is 0. The van der Waals surface area contributed by atoms with E-state index in [0.717, 1.165) is 47.3 Å². The van der Waals surface area contributed by atoms with Crippen LogP contribution in [0.4, 0.5) is 0 Å². The van der Waals surface area contributed by atoms with Gasteiger partial charge in [0.15, 0.2) is 0 Å². The van der Waals surface area contributed by atoms with Crippen molar-refractivity contribution in [1.82, 2.24) is 0 Å². The molecule has 0 aromatic rings. The predicted octanol–water partition coefficient (Wildman–Crippen LogP) is 9.87. The van der Waals surface area contributed by atoms with Crippen molar-refractivity contribution in [1.29, 1.82) is 0 Å². The summed E-state index contributed by atoms with van der Waals surface area (Å²) in [6, 6.07) is 0.